The summed E-state index contributed by atoms with van der Waals surface area (Å²) in [7, 11) is 0. The van der Waals surface area contributed by atoms with E-state index >= 15 is 0 Å². The standard InChI is InChI=1S/C19H14IN5O/c1-12-6-5-9-16(20)15(12)11-22-25-19-23-17(13-7-3-2-4-8-13)14(10-21)18(26)24-19/h2-9,11H,1H3,(H2,23,24,25,26). The fourth-order valence-electron chi connectivity index (χ4n) is 2.40. The summed E-state index contributed by atoms with van der Waals surface area (Å²) in [5.74, 6) is 0.174. The van der Waals surface area contributed by atoms with E-state index in [1.54, 1.807) is 18.3 Å². The number of hydrazone groups is 1. The van der Waals surface area contributed by atoms with Gasteiger partial charge >= 0.3 is 0 Å². The third-order valence-corrected chi connectivity index (χ3v) is 4.65. The van der Waals surface area contributed by atoms with Crippen molar-refractivity contribution in [2.45, 2.75) is 6.92 Å². The average Bonchev–Trinajstić information content (AvgIpc) is 2.64. The summed E-state index contributed by atoms with van der Waals surface area (Å²) >= 11 is 2.24. The van der Waals surface area contributed by atoms with Gasteiger partial charge in [0.1, 0.15) is 11.6 Å². The first-order valence-electron chi connectivity index (χ1n) is 7.74. The second kappa shape index (κ2) is 7.93. The fraction of sp³-hybridized carbons (Fsp3) is 0.0526. The number of nitriles is 1. The molecule has 0 atom stereocenters. The highest BCUT2D eigenvalue weighted by molar-refractivity contribution is 14.1. The predicted octanol–water partition coefficient (Wildman–Crippen LogP) is 3.67. The van der Waals surface area contributed by atoms with Crippen LogP contribution in [0.1, 0.15) is 16.7 Å². The third-order valence-electron chi connectivity index (χ3n) is 3.71. The van der Waals surface area contributed by atoms with Gasteiger partial charge in [0.2, 0.25) is 5.95 Å². The van der Waals surface area contributed by atoms with Crippen molar-refractivity contribution >= 4 is 34.8 Å². The maximum absolute atomic E-state index is 12.2. The van der Waals surface area contributed by atoms with E-state index in [4.69, 9.17) is 0 Å². The lowest BCUT2D eigenvalue weighted by molar-refractivity contribution is 1.08. The van der Waals surface area contributed by atoms with Gasteiger partial charge in [0.15, 0.2) is 0 Å². The van der Waals surface area contributed by atoms with Crippen LogP contribution in [0.4, 0.5) is 5.95 Å². The highest BCUT2D eigenvalue weighted by Crippen LogP contribution is 2.19. The maximum atomic E-state index is 12.2. The van der Waals surface area contributed by atoms with Gasteiger partial charge in [-0.3, -0.25) is 9.78 Å². The molecule has 0 fully saturated rings. The molecule has 2 N–H and O–H groups in total. The molecule has 3 rings (SSSR count). The van der Waals surface area contributed by atoms with Gasteiger partial charge < -0.3 is 0 Å². The Morgan fingerprint density at radius 1 is 1.23 bits per heavy atom. The van der Waals surface area contributed by atoms with Crippen molar-refractivity contribution in [2.75, 3.05) is 5.43 Å². The second-order valence-corrected chi connectivity index (χ2v) is 6.62. The van der Waals surface area contributed by atoms with Gasteiger partial charge in [-0.15, -0.1) is 0 Å². The number of anilines is 1. The minimum Gasteiger partial charge on any atom is -0.290 e. The van der Waals surface area contributed by atoms with Crippen molar-refractivity contribution in [3.63, 3.8) is 0 Å². The van der Waals surface area contributed by atoms with Crippen LogP contribution < -0.4 is 11.0 Å². The molecule has 0 aliphatic rings. The van der Waals surface area contributed by atoms with Gasteiger partial charge in [-0.1, -0.05) is 42.5 Å². The molecule has 1 aromatic heterocycles. The lowest BCUT2D eigenvalue weighted by Gasteiger charge is -2.06. The van der Waals surface area contributed by atoms with Crippen LogP contribution in [0.5, 0.6) is 0 Å². The molecule has 0 aliphatic carbocycles. The minimum absolute atomic E-state index is 0.0285. The Balaban J connectivity index is 1.95. The van der Waals surface area contributed by atoms with E-state index in [9.17, 15) is 10.1 Å². The Bertz CT molecular complexity index is 1050. The smallest absolute Gasteiger partial charge is 0.270 e. The van der Waals surface area contributed by atoms with Gasteiger partial charge in [-0.25, -0.2) is 10.4 Å². The first kappa shape index (κ1) is 17.8. The molecule has 0 spiro atoms. The Morgan fingerprint density at radius 3 is 2.69 bits per heavy atom. The van der Waals surface area contributed by atoms with Crippen molar-refractivity contribution in [3.8, 4) is 17.3 Å². The zero-order valence-electron chi connectivity index (χ0n) is 13.8. The quantitative estimate of drug-likeness (QED) is 0.357. The molecule has 128 valence electrons. The molecular weight excluding hydrogens is 441 g/mol. The summed E-state index contributed by atoms with van der Waals surface area (Å²) in [4.78, 5) is 19.1. The van der Waals surface area contributed by atoms with E-state index < -0.39 is 5.56 Å². The average molecular weight is 455 g/mol. The van der Waals surface area contributed by atoms with Crippen molar-refractivity contribution in [3.05, 3.63) is 79.1 Å². The molecule has 0 saturated carbocycles. The van der Waals surface area contributed by atoms with Crippen LogP contribution in [-0.4, -0.2) is 16.2 Å². The van der Waals surface area contributed by atoms with Gasteiger partial charge in [-0.2, -0.15) is 10.4 Å². The number of nitrogens with one attached hydrogen (secondary N) is 2. The monoisotopic (exact) mass is 455 g/mol. The summed E-state index contributed by atoms with van der Waals surface area (Å²) < 4.78 is 1.07. The molecule has 1 heterocycles. The highest BCUT2D eigenvalue weighted by Gasteiger charge is 2.12. The molecule has 3 aromatic rings. The fourth-order valence-corrected chi connectivity index (χ4v) is 3.17. The number of rotatable bonds is 4. The number of H-pyrrole nitrogens is 1. The normalized spacial score (nSPS) is 10.7. The van der Waals surface area contributed by atoms with Crippen molar-refractivity contribution in [1.82, 2.24) is 9.97 Å². The summed E-state index contributed by atoms with van der Waals surface area (Å²) in [6, 6.07) is 17.0. The molecule has 0 radical (unpaired) electrons. The summed E-state index contributed by atoms with van der Waals surface area (Å²) in [5.41, 5.74) is 5.29. The van der Waals surface area contributed by atoms with E-state index in [0.717, 1.165) is 14.7 Å². The largest absolute Gasteiger partial charge is 0.290 e. The first-order chi connectivity index (χ1) is 12.6. The van der Waals surface area contributed by atoms with Crippen molar-refractivity contribution in [2.24, 2.45) is 5.10 Å². The minimum atomic E-state index is -0.510. The number of nitrogens with zero attached hydrogens (tertiary/aromatic N) is 3. The molecule has 0 amide bonds. The van der Waals surface area contributed by atoms with Crippen LogP contribution in [0.15, 0.2) is 58.4 Å². The molecule has 6 nitrogen and oxygen atoms in total. The zero-order valence-corrected chi connectivity index (χ0v) is 16.0. The van der Waals surface area contributed by atoms with Gasteiger partial charge in [0.05, 0.1) is 11.9 Å². The number of aromatic nitrogens is 2. The molecule has 0 aliphatic heterocycles. The molecular formula is C19H14IN5O. The molecule has 2 aromatic carbocycles. The van der Waals surface area contributed by atoms with Gasteiger partial charge in [-0.05, 0) is 41.1 Å². The Kier molecular flexibility index (Phi) is 5.43. The van der Waals surface area contributed by atoms with Gasteiger partial charge in [0.25, 0.3) is 5.56 Å². The Hall–Kier alpha value is -2.99. The van der Waals surface area contributed by atoms with Crippen molar-refractivity contribution < 1.29 is 0 Å². The number of halogens is 1. The van der Waals surface area contributed by atoms with Crippen LogP contribution in [0.25, 0.3) is 11.3 Å². The summed E-state index contributed by atoms with van der Waals surface area (Å²) in [6.07, 6.45) is 1.68. The van der Waals surface area contributed by atoms with E-state index in [1.165, 1.54) is 0 Å². The lowest BCUT2D eigenvalue weighted by atomic mass is 10.1. The second-order valence-electron chi connectivity index (χ2n) is 5.46. The number of hydrogen-bond donors (Lipinski definition) is 2. The lowest BCUT2D eigenvalue weighted by Crippen LogP contribution is -2.16. The summed E-state index contributed by atoms with van der Waals surface area (Å²) in [5, 5.41) is 13.4. The third kappa shape index (κ3) is 3.81. The van der Waals surface area contributed by atoms with E-state index in [0.29, 0.717) is 11.3 Å². The maximum Gasteiger partial charge on any atom is 0.270 e. The van der Waals surface area contributed by atoms with E-state index in [-0.39, 0.29) is 11.5 Å². The molecule has 0 unspecified atom stereocenters. The topological polar surface area (TPSA) is 93.9 Å². The van der Waals surface area contributed by atoms with E-state index in [1.807, 2.05) is 49.4 Å². The zero-order chi connectivity index (χ0) is 18.5. The Labute approximate surface area is 163 Å². The van der Waals surface area contributed by atoms with Crippen LogP contribution in [-0.2, 0) is 0 Å². The first-order valence-corrected chi connectivity index (χ1v) is 8.82. The molecule has 0 saturated heterocycles. The molecule has 26 heavy (non-hydrogen) atoms. The Morgan fingerprint density at radius 2 is 2.00 bits per heavy atom. The van der Waals surface area contributed by atoms with Crippen molar-refractivity contribution in [1.29, 1.82) is 5.26 Å². The SMILES string of the molecule is Cc1cccc(I)c1C=NNc1nc(-c2ccccc2)c(C#N)c(=O)[nH]1. The van der Waals surface area contributed by atoms with Crippen LogP contribution >= 0.6 is 22.6 Å². The predicted molar refractivity (Wildman–Crippen MR) is 110 cm³/mol. The number of benzene rings is 2. The van der Waals surface area contributed by atoms with Crippen LogP contribution in [0, 0.1) is 21.8 Å². The highest BCUT2D eigenvalue weighted by atomic mass is 127. The van der Waals surface area contributed by atoms with Crippen LogP contribution in [0.2, 0.25) is 0 Å². The number of hydrogen-bond acceptors (Lipinski definition) is 5. The van der Waals surface area contributed by atoms with E-state index in [2.05, 4.69) is 43.1 Å². The summed E-state index contributed by atoms with van der Waals surface area (Å²) in [6.45, 7) is 2.00. The molecule has 0 bridgehead atoms. The van der Waals surface area contributed by atoms with Crippen LogP contribution in [0.3, 0.4) is 0 Å². The number of aromatic amines is 1. The van der Waals surface area contributed by atoms with Gasteiger partial charge in [0, 0.05) is 14.7 Å². The number of aryl methyl sites for hydroxylation is 1. The molecule has 7 heteroatoms.